The summed E-state index contributed by atoms with van der Waals surface area (Å²) in [6.07, 6.45) is 1.53. The third-order valence-electron chi connectivity index (χ3n) is 4.02. The molecule has 3 aromatic rings. The van der Waals surface area contributed by atoms with Crippen LogP contribution in [-0.2, 0) is 11.4 Å². The molecule has 0 saturated carbocycles. The molecule has 0 unspecified atom stereocenters. The van der Waals surface area contributed by atoms with E-state index in [-0.39, 0.29) is 12.5 Å². The minimum atomic E-state index is -0.364. The van der Waals surface area contributed by atoms with E-state index in [1.807, 2.05) is 54.6 Å². The minimum Gasteiger partial charge on any atom is -0.493 e. The van der Waals surface area contributed by atoms with Gasteiger partial charge in [0.2, 0.25) is 0 Å². The van der Waals surface area contributed by atoms with Gasteiger partial charge in [-0.25, -0.2) is 5.43 Å². The maximum Gasteiger partial charge on any atom is 0.277 e. The van der Waals surface area contributed by atoms with Gasteiger partial charge in [-0.1, -0.05) is 42.5 Å². The second kappa shape index (κ2) is 11.0. The molecule has 0 radical (unpaired) electrons. The molecule has 0 heterocycles. The van der Waals surface area contributed by atoms with E-state index in [0.29, 0.717) is 23.9 Å². The zero-order valence-electron chi connectivity index (χ0n) is 16.4. The Bertz CT molecular complexity index is 1010. The molecule has 0 aliphatic rings. The number of amides is 1. The standard InChI is InChI=1S/C23H21BrN2O4/c1-28-22-13-18(11-12-21(22)29-15-17-7-3-2-4-8-17)14-25-26-23(27)16-30-20-10-6-5-9-19(20)24/h2-14H,15-16H2,1H3,(H,26,27)/b25-14+. The predicted molar refractivity (Wildman–Crippen MR) is 119 cm³/mol. The number of hydrogen-bond acceptors (Lipinski definition) is 5. The van der Waals surface area contributed by atoms with Crippen molar-refractivity contribution in [2.45, 2.75) is 6.61 Å². The van der Waals surface area contributed by atoms with Crippen molar-refractivity contribution in [3.05, 3.63) is 88.4 Å². The highest BCUT2D eigenvalue weighted by Gasteiger charge is 2.07. The van der Waals surface area contributed by atoms with E-state index in [4.69, 9.17) is 14.2 Å². The first-order valence-electron chi connectivity index (χ1n) is 9.19. The van der Waals surface area contributed by atoms with Gasteiger partial charge in [0.15, 0.2) is 18.1 Å². The van der Waals surface area contributed by atoms with E-state index in [1.54, 1.807) is 25.3 Å². The molecule has 154 valence electrons. The Morgan fingerprint density at radius 2 is 1.73 bits per heavy atom. The number of para-hydroxylation sites is 1. The lowest BCUT2D eigenvalue weighted by molar-refractivity contribution is -0.123. The van der Waals surface area contributed by atoms with Gasteiger partial charge >= 0.3 is 0 Å². The fourth-order valence-corrected chi connectivity index (χ4v) is 2.93. The number of hydrazone groups is 1. The number of carbonyl (C=O) groups is 1. The monoisotopic (exact) mass is 468 g/mol. The van der Waals surface area contributed by atoms with Gasteiger partial charge in [-0.15, -0.1) is 0 Å². The van der Waals surface area contributed by atoms with Crippen molar-refractivity contribution in [1.29, 1.82) is 0 Å². The summed E-state index contributed by atoms with van der Waals surface area (Å²) in [5.41, 5.74) is 4.26. The third-order valence-corrected chi connectivity index (χ3v) is 4.68. The Morgan fingerprint density at radius 1 is 0.967 bits per heavy atom. The first-order valence-corrected chi connectivity index (χ1v) is 9.99. The van der Waals surface area contributed by atoms with Crippen LogP contribution in [0.3, 0.4) is 0 Å². The Labute approximate surface area is 183 Å². The molecule has 7 heteroatoms. The summed E-state index contributed by atoms with van der Waals surface area (Å²) in [5.74, 6) is 1.44. The van der Waals surface area contributed by atoms with Gasteiger partial charge in [-0.05, 0) is 57.4 Å². The topological polar surface area (TPSA) is 69.2 Å². The SMILES string of the molecule is COc1cc(/C=N/NC(=O)COc2ccccc2Br)ccc1OCc1ccccc1. The van der Waals surface area contributed by atoms with Crippen LogP contribution in [0.15, 0.2) is 82.4 Å². The van der Waals surface area contributed by atoms with E-state index >= 15 is 0 Å². The van der Waals surface area contributed by atoms with E-state index < -0.39 is 0 Å². The molecule has 0 fully saturated rings. The molecular weight excluding hydrogens is 448 g/mol. The summed E-state index contributed by atoms with van der Waals surface area (Å²) in [5, 5.41) is 3.96. The lowest BCUT2D eigenvalue weighted by atomic mass is 10.2. The fraction of sp³-hybridized carbons (Fsp3) is 0.130. The molecular formula is C23H21BrN2O4. The average molecular weight is 469 g/mol. The van der Waals surface area contributed by atoms with Crippen LogP contribution < -0.4 is 19.6 Å². The highest BCUT2D eigenvalue weighted by atomic mass is 79.9. The highest BCUT2D eigenvalue weighted by Crippen LogP contribution is 2.28. The zero-order chi connectivity index (χ0) is 21.2. The van der Waals surface area contributed by atoms with Crippen LogP contribution in [0.4, 0.5) is 0 Å². The van der Waals surface area contributed by atoms with Crippen molar-refractivity contribution in [2.75, 3.05) is 13.7 Å². The molecule has 0 aliphatic carbocycles. The number of nitrogens with zero attached hydrogens (tertiary/aromatic N) is 1. The van der Waals surface area contributed by atoms with Crippen molar-refractivity contribution < 1.29 is 19.0 Å². The van der Waals surface area contributed by atoms with Crippen LogP contribution in [0.25, 0.3) is 0 Å². The van der Waals surface area contributed by atoms with Crippen molar-refractivity contribution >= 4 is 28.1 Å². The second-order valence-corrected chi connectivity index (χ2v) is 7.05. The lowest BCUT2D eigenvalue weighted by Gasteiger charge is -2.11. The normalized spacial score (nSPS) is 10.6. The van der Waals surface area contributed by atoms with Crippen LogP contribution in [0, 0.1) is 0 Å². The first kappa shape index (κ1) is 21.4. The van der Waals surface area contributed by atoms with Gasteiger partial charge in [0.1, 0.15) is 12.4 Å². The van der Waals surface area contributed by atoms with Crippen LogP contribution in [0.5, 0.6) is 17.2 Å². The van der Waals surface area contributed by atoms with Crippen LogP contribution in [0.1, 0.15) is 11.1 Å². The summed E-state index contributed by atoms with van der Waals surface area (Å²) in [6.45, 7) is 0.299. The summed E-state index contributed by atoms with van der Waals surface area (Å²) in [4.78, 5) is 11.9. The minimum absolute atomic E-state index is 0.143. The van der Waals surface area contributed by atoms with E-state index in [9.17, 15) is 4.79 Å². The van der Waals surface area contributed by atoms with Crippen LogP contribution >= 0.6 is 15.9 Å². The molecule has 0 atom stereocenters. The summed E-state index contributed by atoms with van der Waals surface area (Å²) in [6, 6.07) is 22.6. The number of rotatable bonds is 9. The fourth-order valence-electron chi connectivity index (χ4n) is 2.54. The number of methoxy groups -OCH3 is 1. The number of hydrogen-bond donors (Lipinski definition) is 1. The smallest absolute Gasteiger partial charge is 0.277 e. The largest absolute Gasteiger partial charge is 0.493 e. The van der Waals surface area contributed by atoms with Crippen LogP contribution in [-0.4, -0.2) is 25.8 Å². The van der Waals surface area contributed by atoms with Crippen molar-refractivity contribution in [2.24, 2.45) is 5.10 Å². The van der Waals surface area contributed by atoms with Gasteiger partial charge in [0, 0.05) is 0 Å². The number of ether oxygens (including phenoxy) is 3. The number of nitrogens with one attached hydrogen (secondary N) is 1. The molecule has 0 bridgehead atoms. The molecule has 30 heavy (non-hydrogen) atoms. The average Bonchev–Trinajstić information content (AvgIpc) is 2.78. The summed E-state index contributed by atoms with van der Waals surface area (Å²) < 4.78 is 17.5. The second-order valence-electron chi connectivity index (χ2n) is 6.20. The van der Waals surface area contributed by atoms with Crippen molar-refractivity contribution in [3.63, 3.8) is 0 Å². The highest BCUT2D eigenvalue weighted by molar-refractivity contribution is 9.10. The maximum absolute atomic E-state index is 11.9. The van der Waals surface area contributed by atoms with E-state index in [1.165, 1.54) is 6.21 Å². The Kier molecular flexibility index (Phi) is 7.86. The molecule has 6 nitrogen and oxygen atoms in total. The lowest BCUT2D eigenvalue weighted by Crippen LogP contribution is -2.24. The summed E-state index contributed by atoms with van der Waals surface area (Å²) >= 11 is 3.36. The molecule has 3 aromatic carbocycles. The Balaban J connectivity index is 1.52. The van der Waals surface area contributed by atoms with Crippen molar-refractivity contribution in [1.82, 2.24) is 5.43 Å². The van der Waals surface area contributed by atoms with Gasteiger partial charge in [0.05, 0.1) is 17.8 Å². The van der Waals surface area contributed by atoms with Gasteiger partial charge in [-0.3, -0.25) is 4.79 Å². The zero-order valence-corrected chi connectivity index (χ0v) is 18.0. The summed E-state index contributed by atoms with van der Waals surface area (Å²) in [7, 11) is 1.58. The van der Waals surface area contributed by atoms with Gasteiger partial charge in [0.25, 0.3) is 5.91 Å². The van der Waals surface area contributed by atoms with E-state index in [2.05, 4.69) is 26.5 Å². The molecule has 0 saturated heterocycles. The third kappa shape index (κ3) is 6.35. The van der Waals surface area contributed by atoms with Gasteiger partial charge < -0.3 is 14.2 Å². The molecule has 3 rings (SSSR count). The first-order chi connectivity index (χ1) is 14.7. The molecule has 1 amide bonds. The molecule has 0 aromatic heterocycles. The molecule has 0 spiro atoms. The van der Waals surface area contributed by atoms with Crippen LogP contribution in [0.2, 0.25) is 0 Å². The predicted octanol–water partition coefficient (Wildman–Crippen LogP) is 4.57. The van der Waals surface area contributed by atoms with Gasteiger partial charge in [-0.2, -0.15) is 5.10 Å². The molecule has 1 N–H and O–H groups in total. The van der Waals surface area contributed by atoms with E-state index in [0.717, 1.165) is 15.6 Å². The quantitative estimate of drug-likeness (QED) is 0.369. The number of benzene rings is 3. The maximum atomic E-state index is 11.9. The number of halogens is 1. The molecule has 0 aliphatic heterocycles. The Morgan fingerprint density at radius 3 is 2.50 bits per heavy atom. The number of carbonyl (C=O) groups excluding carboxylic acids is 1. The Hall–Kier alpha value is -3.32. The van der Waals surface area contributed by atoms with Crippen molar-refractivity contribution in [3.8, 4) is 17.2 Å².